The van der Waals surface area contributed by atoms with Crippen molar-refractivity contribution in [1.82, 2.24) is 10.6 Å². The van der Waals surface area contributed by atoms with Crippen LogP contribution in [-0.2, 0) is 14.3 Å². The Morgan fingerprint density at radius 3 is 1.42 bits per heavy atom. The van der Waals surface area contributed by atoms with Crippen LogP contribution in [0.15, 0.2) is 0 Å². The van der Waals surface area contributed by atoms with Gasteiger partial charge in [0.2, 0.25) is 0 Å². The van der Waals surface area contributed by atoms with Crippen molar-refractivity contribution < 1.29 is 42.1 Å². The molecule has 11 heteroatoms. The lowest BCUT2D eigenvalue weighted by atomic mass is 10.7. The fraction of sp³-hybridized carbons (Fsp3) is 0.625. The van der Waals surface area contributed by atoms with E-state index < -0.39 is 24.3 Å². The van der Waals surface area contributed by atoms with Crippen molar-refractivity contribution in [2.75, 3.05) is 27.3 Å². The van der Waals surface area contributed by atoms with E-state index in [1.165, 1.54) is 14.1 Å². The number of hydrogen-bond donors (Lipinski definition) is 3. The van der Waals surface area contributed by atoms with Crippen LogP contribution in [-0.4, -0.2) is 56.7 Å². The molecule has 0 heterocycles. The maximum Gasteiger partial charge on any atom is 0.490 e. The standard InChI is InChI=1S/C6H12N2O4.C2HF3O2/c1-7-5(9)11-3-4-12-6(10)8-2;3-2(4,5)1(6)7/h3-4H2,1-2H3,(H,7,9)(H,8,10);(H,6,7). The highest BCUT2D eigenvalue weighted by atomic mass is 19.4. The molecular weight excluding hydrogens is 277 g/mol. The Balaban J connectivity index is 0. The zero-order valence-corrected chi connectivity index (χ0v) is 10.0. The molecule has 0 aromatic rings. The van der Waals surface area contributed by atoms with Crippen LogP contribution in [0, 0.1) is 0 Å². The zero-order valence-electron chi connectivity index (χ0n) is 10.0. The third-order valence-electron chi connectivity index (χ3n) is 1.20. The van der Waals surface area contributed by atoms with Gasteiger partial charge in [-0.1, -0.05) is 0 Å². The van der Waals surface area contributed by atoms with Gasteiger partial charge < -0.3 is 25.2 Å². The Morgan fingerprint density at radius 1 is 1.00 bits per heavy atom. The maximum absolute atomic E-state index is 10.6. The Kier molecular flexibility index (Phi) is 9.87. The number of carboxylic acid groups (broad SMARTS) is 1. The highest BCUT2D eigenvalue weighted by molar-refractivity contribution is 5.73. The minimum absolute atomic E-state index is 0.0487. The topological polar surface area (TPSA) is 114 Å². The SMILES string of the molecule is CNC(=O)OCCOC(=O)NC.O=C(O)C(F)(F)F. The van der Waals surface area contributed by atoms with Crippen molar-refractivity contribution in [1.29, 1.82) is 0 Å². The van der Waals surface area contributed by atoms with Crippen molar-refractivity contribution in [3.63, 3.8) is 0 Å². The molecule has 0 atom stereocenters. The number of carbonyl (C=O) groups is 3. The van der Waals surface area contributed by atoms with Crippen LogP contribution < -0.4 is 10.6 Å². The molecular formula is C8H13F3N2O6. The fourth-order valence-electron chi connectivity index (χ4n) is 0.413. The van der Waals surface area contributed by atoms with Crippen LogP contribution in [0.25, 0.3) is 0 Å². The lowest BCUT2D eigenvalue weighted by Crippen LogP contribution is -2.24. The van der Waals surface area contributed by atoms with E-state index in [1.54, 1.807) is 0 Å². The number of amides is 2. The van der Waals surface area contributed by atoms with Gasteiger partial charge in [-0.25, -0.2) is 14.4 Å². The second kappa shape index (κ2) is 9.79. The zero-order chi connectivity index (χ0) is 15.5. The summed E-state index contributed by atoms with van der Waals surface area (Å²) >= 11 is 0. The third kappa shape index (κ3) is 13.7. The quantitative estimate of drug-likeness (QED) is 0.645. The van der Waals surface area contributed by atoms with Gasteiger partial charge >= 0.3 is 24.3 Å². The van der Waals surface area contributed by atoms with E-state index in [0.29, 0.717) is 0 Å². The number of aliphatic carboxylic acids is 1. The molecule has 2 amide bonds. The van der Waals surface area contributed by atoms with Crippen molar-refractivity contribution in [2.45, 2.75) is 6.18 Å². The number of carboxylic acids is 1. The predicted molar refractivity (Wildman–Crippen MR) is 54.5 cm³/mol. The second-order valence-electron chi connectivity index (χ2n) is 2.57. The first-order valence-electron chi connectivity index (χ1n) is 4.64. The van der Waals surface area contributed by atoms with Crippen molar-refractivity contribution in [3.8, 4) is 0 Å². The maximum atomic E-state index is 10.6. The van der Waals surface area contributed by atoms with Crippen molar-refractivity contribution >= 4 is 18.2 Å². The van der Waals surface area contributed by atoms with Crippen LogP contribution >= 0.6 is 0 Å². The molecule has 0 bridgehead atoms. The van der Waals surface area contributed by atoms with Gasteiger partial charge in [0.25, 0.3) is 0 Å². The summed E-state index contributed by atoms with van der Waals surface area (Å²) in [7, 11) is 2.89. The molecule has 0 aliphatic heterocycles. The number of ether oxygens (including phenoxy) is 2. The van der Waals surface area contributed by atoms with E-state index in [-0.39, 0.29) is 13.2 Å². The van der Waals surface area contributed by atoms with Gasteiger partial charge in [0.05, 0.1) is 0 Å². The van der Waals surface area contributed by atoms with E-state index in [4.69, 9.17) is 9.90 Å². The van der Waals surface area contributed by atoms with Gasteiger partial charge in [-0.05, 0) is 0 Å². The molecule has 19 heavy (non-hydrogen) atoms. The highest BCUT2D eigenvalue weighted by Crippen LogP contribution is 2.13. The van der Waals surface area contributed by atoms with Gasteiger partial charge in [-0.2, -0.15) is 13.2 Å². The van der Waals surface area contributed by atoms with Crippen LogP contribution in [0.2, 0.25) is 0 Å². The molecule has 0 spiro atoms. The minimum atomic E-state index is -5.08. The molecule has 0 saturated carbocycles. The molecule has 0 rings (SSSR count). The molecule has 0 aliphatic rings. The summed E-state index contributed by atoms with van der Waals surface area (Å²) in [6, 6.07) is 0. The average Bonchev–Trinajstić information content (AvgIpc) is 2.33. The summed E-state index contributed by atoms with van der Waals surface area (Å²) in [5.41, 5.74) is 0. The monoisotopic (exact) mass is 290 g/mol. The molecule has 0 aromatic heterocycles. The van der Waals surface area contributed by atoms with Crippen LogP contribution in [0.3, 0.4) is 0 Å². The van der Waals surface area contributed by atoms with E-state index in [0.717, 1.165) is 0 Å². The van der Waals surface area contributed by atoms with E-state index in [2.05, 4.69) is 20.1 Å². The number of hydrogen-bond acceptors (Lipinski definition) is 5. The number of alkyl halides is 3. The molecule has 0 unspecified atom stereocenters. The normalized spacial score (nSPS) is 9.53. The van der Waals surface area contributed by atoms with Gasteiger partial charge in [-0.3, -0.25) is 0 Å². The average molecular weight is 290 g/mol. The van der Waals surface area contributed by atoms with Crippen LogP contribution in [0.5, 0.6) is 0 Å². The summed E-state index contributed by atoms with van der Waals surface area (Å²) in [6.07, 6.45) is -6.17. The Bertz CT molecular complexity index is 289. The third-order valence-corrected chi connectivity index (χ3v) is 1.20. The van der Waals surface area contributed by atoms with Gasteiger partial charge in [0.1, 0.15) is 13.2 Å². The first-order valence-corrected chi connectivity index (χ1v) is 4.64. The molecule has 112 valence electrons. The largest absolute Gasteiger partial charge is 0.490 e. The molecule has 8 nitrogen and oxygen atoms in total. The van der Waals surface area contributed by atoms with Crippen molar-refractivity contribution in [3.05, 3.63) is 0 Å². The van der Waals surface area contributed by atoms with E-state index >= 15 is 0 Å². The smallest absolute Gasteiger partial charge is 0.475 e. The first-order chi connectivity index (χ1) is 8.65. The van der Waals surface area contributed by atoms with Gasteiger partial charge in [0, 0.05) is 14.1 Å². The number of carbonyl (C=O) groups excluding carboxylic acids is 2. The molecule has 0 aliphatic carbocycles. The summed E-state index contributed by atoms with van der Waals surface area (Å²) in [6.45, 7) is 0.0974. The number of nitrogens with one attached hydrogen (secondary N) is 2. The summed E-state index contributed by atoms with van der Waals surface area (Å²) < 4.78 is 40.8. The first kappa shape index (κ1) is 19.1. The molecule has 3 N–H and O–H groups in total. The van der Waals surface area contributed by atoms with E-state index in [9.17, 15) is 22.8 Å². The van der Waals surface area contributed by atoms with Gasteiger partial charge in [-0.15, -0.1) is 0 Å². The lowest BCUT2D eigenvalue weighted by Gasteiger charge is -2.04. The lowest BCUT2D eigenvalue weighted by molar-refractivity contribution is -0.192. The number of rotatable bonds is 3. The molecule has 0 radical (unpaired) electrons. The predicted octanol–water partition coefficient (Wildman–Crippen LogP) is 0.332. The van der Waals surface area contributed by atoms with Crippen molar-refractivity contribution in [2.24, 2.45) is 0 Å². The summed E-state index contributed by atoms with van der Waals surface area (Å²) in [4.78, 5) is 29.8. The summed E-state index contributed by atoms with van der Waals surface area (Å²) in [5, 5.41) is 11.6. The number of halogens is 3. The fourth-order valence-corrected chi connectivity index (χ4v) is 0.413. The number of alkyl carbamates (subject to hydrolysis) is 2. The second-order valence-corrected chi connectivity index (χ2v) is 2.57. The summed E-state index contributed by atoms with van der Waals surface area (Å²) in [5.74, 6) is -2.76. The molecule has 0 fully saturated rings. The van der Waals surface area contributed by atoms with Gasteiger partial charge in [0.15, 0.2) is 0 Å². The Hall–Kier alpha value is -2.20. The Labute approximate surface area is 105 Å². The highest BCUT2D eigenvalue weighted by Gasteiger charge is 2.38. The van der Waals surface area contributed by atoms with Crippen LogP contribution in [0.4, 0.5) is 22.8 Å². The Morgan fingerprint density at radius 2 is 1.26 bits per heavy atom. The van der Waals surface area contributed by atoms with Crippen LogP contribution in [0.1, 0.15) is 0 Å². The molecule has 0 saturated heterocycles. The van der Waals surface area contributed by atoms with E-state index in [1.807, 2.05) is 0 Å². The molecule has 0 aromatic carbocycles. The minimum Gasteiger partial charge on any atom is -0.475 e.